The molecule has 2 rings (SSSR count). The van der Waals surface area contributed by atoms with E-state index in [4.69, 9.17) is 21.1 Å². The molecule has 0 radical (unpaired) electrons. The van der Waals surface area contributed by atoms with Gasteiger partial charge < -0.3 is 24.6 Å². The number of hydrogen-bond acceptors (Lipinski definition) is 7. The van der Waals surface area contributed by atoms with Crippen molar-refractivity contribution in [1.29, 1.82) is 0 Å². The van der Waals surface area contributed by atoms with E-state index in [1.807, 2.05) is 42.5 Å². The van der Waals surface area contributed by atoms with E-state index in [9.17, 15) is 19.5 Å². The number of halogens is 1. The van der Waals surface area contributed by atoms with E-state index in [0.717, 1.165) is 16.7 Å². The van der Waals surface area contributed by atoms with Crippen LogP contribution in [-0.4, -0.2) is 47.7 Å². The molecule has 0 saturated carbocycles. The minimum absolute atomic E-state index is 0.131. The van der Waals surface area contributed by atoms with Gasteiger partial charge in [-0.1, -0.05) is 48.0 Å². The average molecular weight is 492 g/mol. The first kappa shape index (κ1) is 27.1. The molecule has 2 aromatic carbocycles. The number of amides is 1. The second kappa shape index (κ2) is 12.4. The normalized spacial score (nSPS) is 12.9. The van der Waals surface area contributed by atoms with Crippen molar-refractivity contribution >= 4 is 29.6 Å². The quantitative estimate of drug-likeness (QED) is 0.398. The smallest absolute Gasteiger partial charge is 0.407 e. The van der Waals surface area contributed by atoms with Gasteiger partial charge in [-0.25, -0.2) is 9.59 Å². The number of aliphatic hydroxyl groups is 1. The molecule has 0 aliphatic carbocycles. The molecule has 0 saturated heterocycles. The molecule has 0 heterocycles. The van der Waals surface area contributed by atoms with E-state index >= 15 is 0 Å². The molecule has 34 heavy (non-hydrogen) atoms. The third kappa shape index (κ3) is 9.80. The molecule has 0 aliphatic heterocycles. The van der Waals surface area contributed by atoms with Gasteiger partial charge in [0.25, 0.3) is 0 Å². The molecule has 0 spiro atoms. The lowest BCUT2D eigenvalue weighted by atomic mass is 9.98. The summed E-state index contributed by atoms with van der Waals surface area (Å²) in [5, 5.41) is 13.6. The van der Waals surface area contributed by atoms with Crippen LogP contribution >= 0.6 is 11.6 Å². The van der Waals surface area contributed by atoms with E-state index in [1.54, 1.807) is 26.8 Å². The maximum atomic E-state index is 12.3. The molecule has 0 bridgehead atoms. The fourth-order valence-corrected chi connectivity index (χ4v) is 3.28. The molecule has 2 atom stereocenters. The Morgan fingerprint density at radius 2 is 1.71 bits per heavy atom. The van der Waals surface area contributed by atoms with E-state index in [2.05, 4.69) is 10.1 Å². The highest BCUT2D eigenvalue weighted by atomic mass is 35.5. The largest absolute Gasteiger partial charge is 0.444 e. The summed E-state index contributed by atoms with van der Waals surface area (Å²) in [5.41, 5.74) is 2.09. The number of benzene rings is 2. The molecule has 2 aromatic rings. The van der Waals surface area contributed by atoms with Gasteiger partial charge in [0.05, 0.1) is 0 Å². The van der Waals surface area contributed by atoms with Crippen LogP contribution in [0.5, 0.6) is 0 Å². The molecular formula is C25H30ClNO7. The molecule has 1 amide bonds. The lowest BCUT2D eigenvalue weighted by Crippen LogP contribution is -2.43. The molecule has 9 heteroatoms. The number of carbonyl (C=O) groups is 3. The van der Waals surface area contributed by atoms with Crippen LogP contribution in [0.4, 0.5) is 4.79 Å². The van der Waals surface area contributed by atoms with Crippen LogP contribution in [-0.2, 0) is 30.2 Å². The zero-order valence-electron chi connectivity index (χ0n) is 19.7. The summed E-state index contributed by atoms with van der Waals surface area (Å²) in [6.07, 6.45) is -2.02. The SMILES string of the molecule is CC(=O)OCOC(=O)C(O)C[C@@H](Cc1ccc(-c2cccc(Cl)c2)cc1)NC(=O)OC(C)(C)C. The lowest BCUT2D eigenvalue weighted by molar-refractivity contribution is -0.172. The van der Waals surface area contributed by atoms with Crippen molar-refractivity contribution in [2.24, 2.45) is 0 Å². The van der Waals surface area contributed by atoms with Crippen LogP contribution in [0.3, 0.4) is 0 Å². The Hall–Kier alpha value is -3.10. The molecule has 1 unspecified atom stereocenters. The molecule has 8 nitrogen and oxygen atoms in total. The van der Waals surface area contributed by atoms with Gasteiger partial charge in [0.2, 0.25) is 6.79 Å². The summed E-state index contributed by atoms with van der Waals surface area (Å²) in [6.45, 7) is 5.77. The Labute approximate surface area is 204 Å². The average Bonchev–Trinajstić information content (AvgIpc) is 2.72. The fourth-order valence-electron chi connectivity index (χ4n) is 3.09. The van der Waals surface area contributed by atoms with Crippen LogP contribution in [0.2, 0.25) is 5.02 Å². The highest BCUT2D eigenvalue weighted by Gasteiger charge is 2.26. The highest BCUT2D eigenvalue weighted by Crippen LogP contribution is 2.23. The van der Waals surface area contributed by atoms with Crippen molar-refractivity contribution in [2.75, 3.05) is 6.79 Å². The van der Waals surface area contributed by atoms with Crippen molar-refractivity contribution < 1.29 is 33.7 Å². The molecule has 0 fully saturated rings. The molecule has 0 aromatic heterocycles. The number of ether oxygens (including phenoxy) is 3. The number of hydrogen-bond donors (Lipinski definition) is 2. The fraction of sp³-hybridized carbons (Fsp3) is 0.400. The van der Waals surface area contributed by atoms with Gasteiger partial charge in [-0.15, -0.1) is 0 Å². The van der Waals surface area contributed by atoms with E-state index in [-0.39, 0.29) is 6.42 Å². The monoisotopic (exact) mass is 491 g/mol. The highest BCUT2D eigenvalue weighted by molar-refractivity contribution is 6.30. The molecule has 184 valence electrons. The number of nitrogens with one attached hydrogen (secondary N) is 1. The first-order valence-electron chi connectivity index (χ1n) is 10.8. The lowest BCUT2D eigenvalue weighted by Gasteiger charge is -2.25. The maximum Gasteiger partial charge on any atom is 0.407 e. The topological polar surface area (TPSA) is 111 Å². The number of rotatable bonds is 9. The van der Waals surface area contributed by atoms with Crippen molar-refractivity contribution in [3.05, 3.63) is 59.1 Å². The minimum atomic E-state index is -1.54. The molecule has 2 N–H and O–H groups in total. The molecular weight excluding hydrogens is 462 g/mol. The third-order valence-electron chi connectivity index (χ3n) is 4.56. The van der Waals surface area contributed by atoms with Gasteiger partial charge in [-0.05, 0) is 56.0 Å². The summed E-state index contributed by atoms with van der Waals surface area (Å²) in [5.74, 6) is -1.58. The maximum absolute atomic E-state index is 12.3. The first-order chi connectivity index (χ1) is 15.9. The Morgan fingerprint density at radius 3 is 2.29 bits per heavy atom. The van der Waals surface area contributed by atoms with Gasteiger partial charge in [0.1, 0.15) is 5.60 Å². The second-order valence-electron chi connectivity index (χ2n) is 8.72. The van der Waals surface area contributed by atoms with Crippen LogP contribution in [0.1, 0.15) is 39.7 Å². The zero-order valence-corrected chi connectivity index (χ0v) is 20.4. The van der Waals surface area contributed by atoms with Crippen molar-refractivity contribution in [3.63, 3.8) is 0 Å². The van der Waals surface area contributed by atoms with Crippen LogP contribution in [0, 0.1) is 0 Å². The zero-order chi connectivity index (χ0) is 25.3. The number of aliphatic hydroxyl groups excluding tert-OH is 1. The van der Waals surface area contributed by atoms with Gasteiger partial charge in [-0.2, -0.15) is 0 Å². The predicted molar refractivity (Wildman–Crippen MR) is 127 cm³/mol. The van der Waals surface area contributed by atoms with Crippen LogP contribution < -0.4 is 5.32 Å². The Balaban J connectivity index is 2.09. The number of esters is 2. The van der Waals surface area contributed by atoms with Gasteiger partial charge >= 0.3 is 18.0 Å². The first-order valence-corrected chi connectivity index (χ1v) is 11.1. The van der Waals surface area contributed by atoms with Gasteiger partial charge in [-0.3, -0.25) is 4.79 Å². The predicted octanol–water partition coefficient (Wildman–Crippen LogP) is 4.26. The van der Waals surface area contributed by atoms with Crippen molar-refractivity contribution in [2.45, 2.75) is 58.3 Å². The van der Waals surface area contributed by atoms with Crippen molar-refractivity contribution in [1.82, 2.24) is 5.32 Å². The summed E-state index contributed by atoms with van der Waals surface area (Å²) < 4.78 is 14.6. The third-order valence-corrected chi connectivity index (χ3v) is 4.79. The summed E-state index contributed by atoms with van der Waals surface area (Å²) >= 11 is 6.07. The Morgan fingerprint density at radius 1 is 1.03 bits per heavy atom. The molecule has 0 aliphatic rings. The van der Waals surface area contributed by atoms with Crippen molar-refractivity contribution in [3.8, 4) is 11.1 Å². The minimum Gasteiger partial charge on any atom is -0.444 e. The van der Waals surface area contributed by atoms with Gasteiger partial charge in [0.15, 0.2) is 6.10 Å². The number of carbonyl (C=O) groups excluding carboxylic acids is 3. The summed E-state index contributed by atoms with van der Waals surface area (Å²) in [6, 6.07) is 14.5. The van der Waals surface area contributed by atoms with Crippen LogP contribution in [0.15, 0.2) is 48.5 Å². The van der Waals surface area contributed by atoms with E-state index in [1.165, 1.54) is 6.92 Å². The Bertz CT molecular complexity index is 986. The van der Waals surface area contributed by atoms with E-state index in [0.29, 0.717) is 11.4 Å². The summed E-state index contributed by atoms with van der Waals surface area (Å²) in [7, 11) is 0. The summed E-state index contributed by atoms with van der Waals surface area (Å²) in [4.78, 5) is 35.2. The van der Waals surface area contributed by atoms with Crippen LogP contribution in [0.25, 0.3) is 11.1 Å². The second-order valence-corrected chi connectivity index (χ2v) is 9.16. The van der Waals surface area contributed by atoms with E-state index < -0.39 is 42.6 Å². The Kier molecular flexibility index (Phi) is 9.89. The standard InChI is InChI=1S/C25H30ClNO7/c1-16(28)32-15-33-23(30)22(29)14-21(27-24(31)34-25(2,3)4)12-17-8-10-18(11-9-17)19-6-5-7-20(26)13-19/h5-11,13,21-22,29H,12,14-15H2,1-4H3,(H,27,31)/t21-,22?/m1/s1. The number of alkyl carbamates (subject to hydrolysis) is 1. The van der Waals surface area contributed by atoms with Gasteiger partial charge in [0, 0.05) is 24.4 Å².